The first kappa shape index (κ1) is 12.8. The number of benzene rings is 1. The second-order valence-corrected chi connectivity index (χ2v) is 3.98. The van der Waals surface area contributed by atoms with Crippen molar-refractivity contribution < 1.29 is 4.74 Å². The van der Waals surface area contributed by atoms with Gasteiger partial charge in [0.25, 0.3) is 0 Å². The van der Waals surface area contributed by atoms with Gasteiger partial charge in [0.2, 0.25) is 0 Å². The first-order valence-corrected chi connectivity index (χ1v) is 5.80. The van der Waals surface area contributed by atoms with E-state index in [4.69, 9.17) is 4.74 Å². The molecule has 88 valence electrons. The number of nitrogens with one attached hydrogen (secondary N) is 1. The van der Waals surface area contributed by atoms with Crippen LogP contribution in [0.1, 0.15) is 18.9 Å². The van der Waals surface area contributed by atoms with Gasteiger partial charge >= 0.3 is 0 Å². The van der Waals surface area contributed by atoms with Crippen LogP contribution in [0.3, 0.4) is 0 Å². The van der Waals surface area contributed by atoms with Crippen molar-refractivity contribution >= 4 is 0 Å². The summed E-state index contributed by atoms with van der Waals surface area (Å²) in [6.07, 6.45) is 1.14. The SMILES string of the molecule is C=C(CNCCC)COc1ccccc1C. The standard InChI is InChI=1S/C14H21NO/c1-4-9-15-10-12(2)11-16-14-8-6-5-7-13(14)3/h5-8,15H,2,4,9-11H2,1,3H3. The molecule has 0 atom stereocenters. The third-order valence-corrected chi connectivity index (χ3v) is 2.33. The molecule has 0 heterocycles. The molecule has 0 amide bonds. The van der Waals surface area contributed by atoms with Crippen molar-refractivity contribution in [1.29, 1.82) is 0 Å². The van der Waals surface area contributed by atoms with Crippen LogP contribution in [0.15, 0.2) is 36.4 Å². The molecule has 0 spiro atoms. The molecule has 0 unspecified atom stereocenters. The molecule has 1 N–H and O–H groups in total. The van der Waals surface area contributed by atoms with Crippen LogP contribution in [0.5, 0.6) is 5.75 Å². The number of para-hydroxylation sites is 1. The van der Waals surface area contributed by atoms with E-state index < -0.39 is 0 Å². The number of hydrogen-bond acceptors (Lipinski definition) is 2. The summed E-state index contributed by atoms with van der Waals surface area (Å²) in [6.45, 7) is 10.6. The zero-order valence-corrected chi connectivity index (χ0v) is 10.3. The third kappa shape index (κ3) is 4.49. The van der Waals surface area contributed by atoms with Crippen molar-refractivity contribution in [3.63, 3.8) is 0 Å². The normalized spacial score (nSPS) is 10.1. The van der Waals surface area contributed by atoms with Crippen LogP contribution in [0, 0.1) is 6.92 Å². The molecular formula is C14H21NO. The highest BCUT2D eigenvalue weighted by Gasteiger charge is 1.99. The van der Waals surface area contributed by atoms with Gasteiger partial charge in [0.05, 0.1) is 0 Å². The quantitative estimate of drug-likeness (QED) is 0.562. The van der Waals surface area contributed by atoms with Crippen LogP contribution in [0.2, 0.25) is 0 Å². The first-order valence-electron chi connectivity index (χ1n) is 5.80. The zero-order chi connectivity index (χ0) is 11.8. The zero-order valence-electron chi connectivity index (χ0n) is 10.3. The van der Waals surface area contributed by atoms with Crippen molar-refractivity contribution in [3.8, 4) is 5.75 Å². The topological polar surface area (TPSA) is 21.3 Å². The van der Waals surface area contributed by atoms with Gasteiger partial charge in [-0.05, 0) is 37.1 Å². The molecule has 0 saturated carbocycles. The second kappa shape index (κ2) is 7.07. The van der Waals surface area contributed by atoms with Crippen LogP contribution in [-0.4, -0.2) is 19.7 Å². The van der Waals surface area contributed by atoms with E-state index in [9.17, 15) is 0 Å². The predicted octanol–water partition coefficient (Wildman–Crippen LogP) is 2.93. The summed E-state index contributed by atoms with van der Waals surface area (Å²) in [7, 11) is 0. The van der Waals surface area contributed by atoms with Gasteiger partial charge in [0.15, 0.2) is 0 Å². The van der Waals surface area contributed by atoms with Gasteiger partial charge in [-0.1, -0.05) is 31.7 Å². The van der Waals surface area contributed by atoms with Crippen LogP contribution in [-0.2, 0) is 0 Å². The Labute approximate surface area is 98.3 Å². The van der Waals surface area contributed by atoms with E-state index in [0.717, 1.165) is 36.4 Å². The molecule has 1 aromatic carbocycles. The minimum atomic E-state index is 0.585. The van der Waals surface area contributed by atoms with Crippen LogP contribution >= 0.6 is 0 Å². The maximum Gasteiger partial charge on any atom is 0.122 e. The molecular weight excluding hydrogens is 198 g/mol. The van der Waals surface area contributed by atoms with Gasteiger partial charge in [-0.25, -0.2) is 0 Å². The smallest absolute Gasteiger partial charge is 0.122 e. The van der Waals surface area contributed by atoms with Gasteiger partial charge in [-0.3, -0.25) is 0 Å². The Balaban J connectivity index is 2.29. The van der Waals surface area contributed by atoms with Gasteiger partial charge < -0.3 is 10.1 Å². The van der Waals surface area contributed by atoms with E-state index >= 15 is 0 Å². The average Bonchev–Trinajstić information content (AvgIpc) is 2.28. The Morgan fingerprint density at radius 3 is 2.81 bits per heavy atom. The summed E-state index contributed by atoms with van der Waals surface area (Å²) >= 11 is 0. The number of hydrogen-bond donors (Lipinski definition) is 1. The Morgan fingerprint density at radius 2 is 2.12 bits per heavy atom. The van der Waals surface area contributed by atoms with Crippen molar-refractivity contribution in [2.45, 2.75) is 20.3 Å². The van der Waals surface area contributed by atoms with E-state index in [0.29, 0.717) is 6.61 Å². The highest BCUT2D eigenvalue weighted by molar-refractivity contribution is 5.32. The van der Waals surface area contributed by atoms with Gasteiger partial charge in [-0.15, -0.1) is 0 Å². The molecule has 0 bridgehead atoms. The fraction of sp³-hybridized carbons (Fsp3) is 0.429. The van der Waals surface area contributed by atoms with Crippen molar-refractivity contribution in [3.05, 3.63) is 42.0 Å². The molecule has 0 aliphatic heterocycles. The number of rotatable bonds is 7. The van der Waals surface area contributed by atoms with Gasteiger partial charge in [-0.2, -0.15) is 0 Å². The Hall–Kier alpha value is -1.28. The monoisotopic (exact) mass is 219 g/mol. The lowest BCUT2D eigenvalue weighted by Crippen LogP contribution is -2.20. The molecule has 0 aliphatic carbocycles. The molecule has 1 aromatic rings. The molecule has 1 rings (SSSR count). The molecule has 0 aromatic heterocycles. The van der Waals surface area contributed by atoms with Gasteiger partial charge in [0.1, 0.15) is 12.4 Å². The molecule has 0 fully saturated rings. The molecule has 0 saturated heterocycles. The summed E-state index contributed by atoms with van der Waals surface area (Å²) in [4.78, 5) is 0. The fourth-order valence-electron chi connectivity index (χ4n) is 1.39. The molecule has 0 aliphatic rings. The van der Waals surface area contributed by atoms with Crippen molar-refractivity contribution in [2.75, 3.05) is 19.7 Å². The summed E-state index contributed by atoms with van der Waals surface area (Å²) in [5.41, 5.74) is 2.24. The van der Waals surface area contributed by atoms with Crippen LogP contribution in [0.4, 0.5) is 0 Å². The van der Waals surface area contributed by atoms with E-state index in [1.54, 1.807) is 0 Å². The number of aryl methyl sites for hydroxylation is 1. The van der Waals surface area contributed by atoms with Crippen molar-refractivity contribution in [1.82, 2.24) is 5.32 Å². The summed E-state index contributed by atoms with van der Waals surface area (Å²) in [5.74, 6) is 0.944. The Morgan fingerprint density at radius 1 is 1.38 bits per heavy atom. The minimum Gasteiger partial charge on any atom is -0.489 e. The lowest BCUT2D eigenvalue weighted by atomic mass is 10.2. The molecule has 2 nitrogen and oxygen atoms in total. The third-order valence-electron chi connectivity index (χ3n) is 2.33. The van der Waals surface area contributed by atoms with E-state index in [1.807, 2.05) is 31.2 Å². The average molecular weight is 219 g/mol. The summed E-state index contributed by atoms with van der Waals surface area (Å²) < 4.78 is 5.69. The maximum atomic E-state index is 5.69. The lowest BCUT2D eigenvalue weighted by Gasteiger charge is -2.11. The largest absolute Gasteiger partial charge is 0.489 e. The Kier molecular flexibility index (Phi) is 5.65. The Bertz CT molecular complexity index is 333. The molecule has 0 radical (unpaired) electrons. The highest BCUT2D eigenvalue weighted by atomic mass is 16.5. The summed E-state index contributed by atoms with van der Waals surface area (Å²) in [6, 6.07) is 8.04. The number of ether oxygens (including phenoxy) is 1. The van der Waals surface area contributed by atoms with E-state index in [2.05, 4.69) is 18.8 Å². The van der Waals surface area contributed by atoms with Crippen LogP contribution < -0.4 is 10.1 Å². The van der Waals surface area contributed by atoms with Crippen LogP contribution in [0.25, 0.3) is 0 Å². The minimum absolute atomic E-state index is 0.585. The molecule has 16 heavy (non-hydrogen) atoms. The lowest BCUT2D eigenvalue weighted by molar-refractivity contribution is 0.346. The van der Waals surface area contributed by atoms with E-state index in [1.165, 1.54) is 0 Å². The summed E-state index contributed by atoms with van der Waals surface area (Å²) in [5, 5.41) is 3.31. The van der Waals surface area contributed by atoms with Gasteiger partial charge in [0, 0.05) is 6.54 Å². The van der Waals surface area contributed by atoms with E-state index in [-0.39, 0.29) is 0 Å². The second-order valence-electron chi connectivity index (χ2n) is 3.98. The fourth-order valence-corrected chi connectivity index (χ4v) is 1.39. The predicted molar refractivity (Wildman–Crippen MR) is 69.0 cm³/mol. The maximum absolute atomic E-state index is 5.69. The highest BCUT2D eigenvalue weighted by Crippen LogP contribution is 2.16. The van der Waals surface area contributed by atoms with Crippen molar-refractivity contribution in [2.24, 2.45) is 0 Å². The molecule has 2 heteroatoms. The first-order chi connectivity index (χ1) is 7.74.